The third kappa shape index (κ3) is 1.03. The normalized spacial score (nSPS) is 43.4. The van der Waals surface area contributed by atoms with E-state index in [1.165, 1.54) is 12.8 Å². The molecular weight excluding hydrogens is 142 g/mol. The van der Waals surface area contributed by atoms with E-state index in [-0.39, 0.29) is 18.1 Å². The Bertz CT molecular complexity index is 181. The van der Waals surface area contributed by atoms with Crippen molar-refractivity contribution in [3.8, 4) is 0 Å². The molecule has 1 saturated heterocycles. The molecule has 0 unspecified atom stereocenters. The molecule has 0 aromatic carbocycles. The van der Waals surface area contributed by atoms with E-state index in [4.69, 9.17) is 10.5 Å². The maximum absolute atomic E-state index is 11.0. The van der Waals surface area contributed by atoms with Gasteiger partial charge < -0.3 is 10.5 Å². The van der Waals surface area contributed by atoms with Gasteiger partial charge in [-0.2, -0.15) is 0 Å². The minimum absolute atomic E-state index is 0.145. The van der Waals surface area contributed by atoms with Crippen molar-refractivity contribution in [3.05, 3.63) is 0 Å². The van der Waals surface area contributed by atoms with Gasteiger partial charge in [-0.15, -0.1) is 0 Å². The number of hydrogen-bond acceptors (Lipinski definition) is 3. The number of fused-ring (bicyclic) bond motifs is 1. The number of carbonyl (C=O) groups excluding carboxylic acids is 1. The average molecular weight is 155 g/mol. The van der Waals surface area contributed by atoms with Gasteiger partial charge in [-0.25, -0.2) is 0 Å². The fourth-order valence-electron chi connectivity index (χ4n) is 2.09. The molecular formula is C8H13NO2. The molecule has 0 aromatic heterocycles. The van der Waals surface area contributed by atoms with Gasteiger partial charge in [-0.3, -0.25) is 4.79 Å². The Hall–Kier alpha value is -0.570. The van der Waals surface area contributed by atoms with Crippen LogP contribution in [0.25, 0.3) is 0 Å². The lowest BCUT2D eigenvalue weighted by Gasteiger charge is -2.23. The van der Waals surface area contributed by atoms with Crippen molar-refractivity contribution in [2.24, 2.45) is 11.7 Å². The van der Waals surface area contributed by atoms with E-state index in [9.17, 15) is 4.79 Å². The van der Waals surface area contributed by atoms with Crippen LogP contribution in [-0.4, -0.2) is 18.1 Å². The first-order valence-corrected chi connectivity index (χ1v) is 4.25. The molecule has 2 rings (SSSR count). The quantitative estimate of drug-likeness (QED) is 0.516. The van der Waals surface area contributed by atoms with E-state index in [0.717, 1.165) is 12.8 Å². The van der Waals surface area contributed by atoms with Gasteiger partial charge >= 0.3 is 5.97 Å². The van der Waals surface area contributed by atoms with Crippen molar-refractivity contribution in [1.82, 2.24) is 0 Å². The second kappa shape index (κ2) is 2.48. The highest BCUT2D eigenvalue weighted by molar-refractivity contribution is 5.78. The van der Waals surface area contributed by atoms with Crippen molar-refractivity contribution in [2.75, 3.05) is 0 Å². The molecule has 1 saturated carbocycles. The lowest BCUT2D eigenvalue weighted by atomic mass is 9.84. The van der Waals surface area contributed by atoms with Crippen molar-refractivity contribution in [3.63, 3.8) is 0 Å². The van der Waals surface area contributed by atoms with E-state index in [2.05, 4.69) is 0 Å². The lowest BCUT2D eigenvalue weighted by molar-refractivity contribution is -0.142. The highest BCUT2D eigenvalue weighted by atomic mass is 16.6. The summed E-state index contributed by atoms with van der Waals surface area (Å²) in [4.78, 5) is 11.0. The fraction of sp³-hybridized carbons (Fsp3) is 0.875. The molecule has 2 fully saturated rings. The Morgan fingerprint density at radius 1 is 1.36 bits per heavy atom. The fourth-order valence-corrected chi connectivity index (χ4v) is 2.09. The van der Waals surface area contributed by atoms with E-state index < -0.39 is 0 Å². The molecule has 0 radical (unpaired) electrons. The summed E-state index contributed by atoms with van der Waals surface area (Å²) < 4.78 is 5.11. The van der Waals surface area contributed by atoms with Crippen molar-refractivity contribution in [2.45, 2.75) is 37.8 Å². The van der Waals surface area contributed by atoms with Crippen molar-refractivity contribution >= 4 is 5.97 Å². The molecule has 1 heterocycles. The van der Waals surface area contributed by atoms with Gasteiger partial charge in [0.1, 0.15) is 12.1 Å². The smallest absolute Gasteiger partial charge is 0.323 e. The topological polar surface area (TPSA) is 52.3 Å². The molecule has 0 amide bonds. The monoisotopic (exact) mass is 155 g/mol. The molecule has 3 nitrogen and oxygen atoms in total. The average Bonchev–Trinajstić information content (AvgIpc) is 2.30. The summed E-state index contributed by atoms with van der Waals surface area (Å²) in [6.45, 7) is 0. The number of rotatable bonds is 0. The van der Waals surface area contributed by atoms with E-state index >= 15 is 0 Å². The summed E-state index contributed by atoms with van der Waals surface area (Å²) in [5.41, 5.74) is 5.66. The first kappa shape index (κ1) is 7.10. The number of nitrogens with two attached hydrogens (primary N) is 1. The van der Waals surface area contributed by atoms with Crippen molar-refractivity contribution in [1.29, 1.82) is 0 Å². The first-order chi connectivity index (χ1) is 5.29. The van der Waals surface area contributed by atoms with Crippen LogP contribution in [0.4, 0.5) is 0 Å². The third-order valence-corrected chi connectivity index (χ3v) is 2.75. The molecule has 0 spiro atoms. The number of ether oxygens (including phenoxy) is 1. The predicted octanol–water partition coefficient (Wildman–Crippen LogP) is 0.429. The molecule has 0 aromatic rings. The second-order valence-corrected chi connectivity index (χ2v) is 3.45. The summed E-state index contributed by atoms with van der Waals surface area (Å²) in [5.74, 6) is 0.123. The number of hydrogen-bond donors (Lipinski definition) is 1. The van der Waals surface area contributed by atoms with Crippen LogP contribution in [0.5, 0.6) is 0 Å². The molecule has 2 N–H and O–H groups in total. The lowest BCUT2D eigenvalue weighted by Crippen LogP contribution is -2.35. The van der Waals surface area contributed by atoms with Crippen LogP contribution in [0.15, 0.2) is 0 Å². The van der Waals surface area contributed by atoms with Gasteiger partial charge in [0.25, 0.3) is 0 Å². The minimum atomic E-state index is -0.333. The molecule has 11 heavy (non-hydrogen) atoms. The van der Waals surface area contributed by atoms with Gasteiger partial charge in [0.05, 0.1) is 0 Å². The largest absolute Gasteiger partial charge is 0.461 e. The SMILES string of the molecule is N[C@H]1C(=O)O[C@@H]2CCCC[C@@H]21. The third-order valence-electron chi connectivity index (χ3n) is 2.75. The summed E-state index contributed by atoms with van der Waals surface area (Å²) in [6, 6.07) is -0.333. The summed E-state index contributed by atoms with van der Waals surface area (Å²) >= 11 is 0. The highest BCUT2D eigenvalue weighted by Crippen LogP contribution is 2.33. The number of esters is 1. The van der Waals surface area contributed by atoms with Crippen LogP contribution in [-0.2, 0) is 9.53 Å². The van der Waals surface area contributed by atoms with Crippen LogP contribution in [0.2, 0.25) is 0 Å². The summed E-state index contributed by atoms with van der Waals surface area (Å²) in [6.07, 6.45) is 4.61. The van der Waals surface area contributed by atoms with Gasteiger partial charge in [-0.05, 0) is 19.3 Å². The molecule has 2 aliphatic rings. The van der Waals surface area contributed by atoms with E-state index in [1.807, 2.05) is 0 Å². The van der Waals surface area contributed by atoms with Crippen LogP contribution < -0.4 is 5.73 Å². The first-order valence-electron chi connectivity index (χ1n) is 4.25. The second-order valence-electron chi connectivity index (χ2n) is 3.45. The van der Waals surface area contributed by atoms with Gasteiger partial charge in [0.15, 0.2) is 0 Å². The maximum atomic E-state index is 11.0. The van der Waals surface area contributed by atoms with Crippen LogP contribution >= 0.6 is 0 Å². The van der Waals surface area contributed by atoms with E-state index in [0.29, 0.717) is 5.92 Å². The molecule has 3 atom stereocenters. The summed E-state index contributed by atoms with van der Waals surface area (Å²) in [5, 5.41) is 0. The van der Waals surface area contributed by atoms with Crippen LogP contribution in [0.3, 0.4) is 0 Å². The minimum Gasteiger partial charge on any atom is -0.461 e. The Morgan fingerprint density at radius 3 is 2.82 bits per heavy atom. The van der Waals surface area contributed by atoms with E-state index in [1.54, 1.807) is 0 Å². The Kier molecular flexibility index (Phi) is 1.60. The van der Waals surface area contributed by atoms with Gasteiger partial charge in [0, 0.05) is 5.92 Å². The zero-order valence-electron chi connectivity index (χ0n) is 6.45. The maximum Gasteiger partial charge on any atom is 0.323 e. The Balaban J connectivity index is 2.11. The molecule has 3 heteroatoms. The Labute approximate surface area is 65.9 Å². The predicted molar refractivity (Wildman–Crippen MR) is 39.8 cm³/mol. The van der Waals surface area contributed by atoms with Gasteiger partial charge in [0.2, 0.25) is 0 Å². The molecule has 62 valence electrons. The molecule has 1 aliphatic carbocycles. The zero-order chi connectivity index (χ0) is 7.84. The van der Waals surface area contributed by atoms with Crippen LogP contribution in [0, 0.1) is 5.92 Å². The summed E-state index contributed by atoms with van der Waals surface area (Å²) in [7, 11) is 0. The zero-order valence-corrected chi connectivity index (χ0v) is 6.45. The van der Waals surface area contributed by atoms with Crippen LogP contribution in [0.1, 0.15) is 25.7 Å². The molecule has 0 bridgehead atoms. The number of carbonyl (C=O) groups is 1. The highest BCUT2D eigenvalue weighted by Gasteiger charge is 2.43. The van der Waals surface area contributed by atoms with Gasteiger partial charge in [-0.1, -0.05) is 6.42 Å². The molecule has 1 aliphatic heterocycles. The standard InChI is InChI=1S/C8H13NO2/c9-7-5-3-1-2-4-6(5)11-8(7)10/h5-7H,1-4,9H2/t5-,6+,7+/m0/s1. The van der Waals surface area contributed by atoms with Crippen molar-refractivity contribution < 1.29 is 9.53 Å². The Morgan fingerprint density at radius 2 is 2.09 bits per heavy atom.